The minimum atomic E-state index is 0.547. The third-order valence-electron chi connectivity index (χ3n) is 4.03. The van der Waals surface area contributed by atoms with Crippen molar-refractivity contribution in [2.45, 2.75) is 25.8 Å². The Labute approximate surface area is 133 Å². The fraction of sp³-hybridized carbons (Fsp3) is 0.368. The van der Waals surface area contributed by atoms with E-state index in [-0.39, 0.29) is 0 Å². The molecule has 0 amide bonds. The first-order chi connectivity index (χ1) is 10.7. The summed E-state index contributed by atoms with van der Waals surface area (Å²) in [5, 5.41) is 3.27. The second-order valence-corrected chi connectivity index (χ2v) is 5.50. The average Bonchev–Trinajstić information content (AvgIpc) is 2.59. The fourth-order valence-electron chi connectivity index (χ4n) is 2.41. The number of hydrogen-bond acceptors (Lipinski definition) is 3. The number of aryl methyl sites for hydroxylation is 1. The van der Waals surface area contributed by atoms with Crippen molar-refractivity contribution in [3.05, 3.63) is 48.0 Å². The van der Waals surface area contributed by atoms with Crippen molar-refractivity contribution in [1.82, 2.24) is 5.32 Å². The number of benzene rings is 2. The number of rotatable bonds is 7. The molecule has 0 bridgehead atoms. The van der Waals surface area contributed by atoms with Crippen LogP contribution < -0.4 is 14.8 Å². The molecule has 1 N–H and O–H groups in total. The monoisotopic (exact) mass is 299 g/mol. The molecule has 0 saturated heterocycles. The molecule has 118 valence electrons. The van der Waals surface area contributed by atoms with E-state index >= 15 is 0 Å². The van der Waals surface area contributed by atoms with E-state index in [1.165, 1.54) is 11.1 Å². The molecule has 0 aliphatic carbocycles. The van der Waals surface area contributed by atoms with Crippen LogP contribution >= 0.6 is 0 Å². The number of ether oxygens (including phenoxy) is 2. The maximum absolute atomic E-state index is 5.37. The zero-order chi connectivity index (χ0) is 15.9. The summed E-state index contributed by atoms with van der Waals surface area (Å²) in [6.07, 6.45) is 2.24. The highest BCUT2D eigenvalue weighted by Crippen LogP contribution is 2.32. The van der Waals surface area contributed by atoms with Crippen LogP contribution in [0.15, 0.2) is 42.5 Å². The van der Waals surface area contributed by atoms with E-state index in [0.717, 1.165) is 29.9 Å². The molecular weight excluding hydrogens is 274 g/mol. The summed E-state index contributed by atoms with van der Waals surface area (Å²) in [6.45, 7) is 2.21. The first-order valence-corrected chi connectivity index (χ1v) is 7.66. The van der Waals surface area contributed by atoms with Crippen LogP contribution in [0, 0.1) is 0 Å². The van der Waals surface area contributed by atoms with Gasteiger partial charge in [0.1, 0.15) is 0 Å². The fourth-order valence-corrected chi connectivity index (χ4v) is 2.41. The molecule has 0 saturated carbocycles. The molecular formula is C19H25NO2. The van der Waals surface area contributed by atoms with Gasteiger partial charge >= 0.3 is 0 Å². The van der Waals surface area contributed by atoms with Crippen LogP contribution in [0.1, 0.15) is 18.9 Å². The van der Waals surface area contributed by atoms with Crippen molar-refractivity contribution >= 4 is 0 Å². The molecule has 2 rings (SSSR count). The van der Waals surface area contributed by atoms with Gasteiger partial charge in [-0.3, -0.25) is 0 Å². The molecule has 3 heteroatoms. The normalized spacial score (nSPS) is 12.0. The Balaban J connectivity index is 2.13. The molecule has 0 spiro atoms. The van der Waals surface area contributed by atoms with Gasteiger partial charge in [0, 0.05) is 6.04 Å². The average molecular weight is 299 g/mol. The SMILES string of the molecule is CNC(C)CCc1ccc(-c2ccc(OC)c(OC)c2)cc1. The number of hydrogen-bond donors (Lipinski definition) is 1. The lowest BCUT2D eigenvalue weighted by Crippen LogP contribution is -2.21. The minimum absolute atomic E-state index is 0.547. The van der Waals surface area contributed by atoms with E-state index in [9.17, 15) is 0 Å². The Morgan fingerprint density at radius 1 is 0.909 bits per heavy atom. The summed E-state index contributed by atoms with van der Waals surface area (Å²) in [5.41, 5.74) is 3.69. The van der Waals surface area contributed by atoms with Crippen molar-refractivity contribution in [3.8, 4) is 22.6 Å². The van der Waals surface area contributed by atoms with Gasteiger partial charge in [-0.25, -0.2) is 0 Å². The van der Waals surface area contributed by atoms with Gasteiger partial charge in [-0.1, -0.05) is 30.3 Å². The van der Waals surface area contributed by atoms with Crippen LogP contribution in [-0.4, -0.2) is 27.3 Å². The van der Waals surface area contributed by atoms with Crippen molar-refractivity contribution < 1.29 is 9.47 Å². The standard InChI is InChI=1S/C19H25NO2/c1-14(20-2)5-6-15-7-9-16(10-8-15)17-11-12-18(21-3)19(13-17)22-4/h7-14,20H,5-6H2,1-4H3. The highest BCUT2D eigenvalue weighted by atomic mass is 16.5. The highest BCUT2D eigenvalue weighted by molar-refractivity contribution is 5.67. The smallest absolute Gasteiger partial charge is 0.161 e. The minimum Gasteiger partial charge on any atom is -0.493 e. The molecule has 1 atom stereocenters. The van der Waals surface area contributed by atoms with Gasteiger partial charge in [-0.2, -0.15) is 0 Å². The molecule has 0 aliphatic rings. The van der Waals surface area contributed by atoms with Crippen LogP contribution in [0.4, 0.5) is 0 Å². The van der Waals surface area contributed by atoms with Gasteiger partial charge in [0.05, 0.1) is 14.2 Å². The summed E-state index contributed by atoms with van der Waals surface area (Å²) in [7, 11) is 5.32. The summed E-state index contributed by atoms with van der Waals surface area (Å²) >= 11 is 0. The third-order valence-corrected chi connectivity index (χ3v) is 4.03. The highest BCUT2D eigenvalue weighted by Gasteiger charge is 2.06. The summed E-state index contributed by atoms with van der Waals surface area (Å²) in [6, 6.07) is 15.3. The van der Waals surface area contributed by atoms with Gasteiger partial charge in [0.25, 0.3) is 0 Å². The van der Waals surface area contributed by atoms with Gasteiger partial charge in [0.15, 0.2) is 11.5 Å². The van der Waals surface area contributed by atoms with Crippen LogP contribution in [0.3, 0.4) is 0 Å². The van der Waals surface area contributed by atoms with E-state index in [1.807, 2.05) is 19.2 Å². The second-order valence-electron chi connectivity index (χ2n) is 5.50. The van der Waals surface area contributed by atoms with Gasteiger partial charge in [0.2, 0.25) is 0 Å². The predicted molar refractivity (Wildman–Crippen MR) is 91.8 cm³/mol. The predicted octanol–water partition coefficient (Wildman–Crippen LogP) is 3.91. The Hall–Kier alpha value is -2.00. The van der Waals surface area contributed by atoms with E-state index in [1.54, 1.807) is 14.2 Å². The van der Waals surface area contributed by atoms with E-state index in [0.29, 0.717) is 6.04 Å². The molecule has 2 aromatic carbocycles. The van der Waals surface area contributed by atoms with Crippen LogP contribution in [0.25, 0.3) is 11.1 Å². The van der Waals surface area contributed by atoms with Crippen molar-refractivity contribution in [1.29, 1.82) is 0 Å². The van der Waals surface area contributed by atoms with Gasteiger partial charge < -0.3 is 14.8 Å². The van der Waals surface area contributed by atoms with Crippen LogP contribution in [0.2, 0.25) is 0 Å². The van der Waals surface area contributed by atoms with E-state index in [2.05, 4.69) is 42.6 Å². The lowest BCUT2D eigenvalue weighted by atomic mass is 10.0. The molecule has 3 nitrogen and oxygen atoms in total. The number of methoxy groups -OCH3 is 2. The topological polar surface area (TPSA) is 30.5 Å². The largest absolute Gasteiger partial charge is 0.493 e. The molecule has 0 aliphatic heterocycles. The maximum Gasteiger partial charge on any atom is 0.161 e. The van der Waals surface area contributed by atoms with Gasteiger partial charge in [-0.15, -0.1) is 0 Å². The Morgan fingerprint density at radius 2 is 1.55 bits per heavy atom. The summed E-state index contributed by atoms with van der Waals surface area (Å²) in [4.78, 5) is 0. The Kier molecular flexibility index (Phi) is 5.84. The Bertz CT molecular complexity index is 593. The van der Waals surface area contributed by atoms with E-state index < -0.39 is 0 Å². The first-order valence-electron chi connectivity index (χ1n) is 7.66. The van der Waals surface area contributed by atoms with Gasteiger partial charge in [-0.05, 0) is 55.6 Å². The van der Waals surface area contributed by atoms with Crippen molar-refractivity contribution in [2.75, 3.05) is 21.3 Å². The molecule has 1 unspecified atom stereocenters. The van der Waals surface area contributed by atoms with E-state index in [4.69, 9.17) is 9.47 Å². The van der Waals surface area contributed by atoms with Crippen LogP contribution in [0.5, 0.6) is 11.5 Å². The first kappa shape index (κ1) is 16.4. The second kappa shape index (κ2) is 7.85. The maximum atomic E-state index is 5.37. The number of nitrogens with one attached hydrogen (secondary N) is 1. The molecule has 0 fully saturated rings. The van der Waals surface area contributed by atoms with Crippen molar-refractivity contribution in [2.24, 2.45) is 0 Å². The molecule has 0 aromatic heterocycles. The molecule has 0 radical (unpaired) electrons. The molecule has 2 aromatic rings. The zero-order valence-corrected chi connectivity index (χ0v) is 13.8. The molecule has 22 heavy (non-hydrogen) atoms. The molecule has 0 heterocycles. The quantitative estimate of drug-likeness (QED) is 0.841. The lowest BCUT2D eigenvalue weighted by molar-refractivity contribution is 0.355. The van der Waals surface area contributed by atoms with Crippen LogP contribution in [-0.2, 0) is 6.42 Å². The third kappa shape index (κ3) is 4.01. The van der Waals surface area contributed by atoms with Crippen molar-refractivity contribution in [3.63, 3.8) is 0 Å². The lowest BCUT2D eigenvalue weighted by Gasteiger charge is -2.11. The summed E-state index contributed by atoms with van der Waals surface area (Å²) in [5.74, 6) is 1.51. The zero-order valence-electron chi connectivity index (χ0n) is 13.8. The Morgan fingerprint density at radius 3 is 2.14 bits per heavy atom. The summed E-state index contributed by atoms with van der Waals surface area (Å²) < 4.78 is 10.6.